The summed E-state index contributed by atoms with van der Waals surface area (Å²) in [5, 5.41) is 0. The number of ketones is 1. The van der Waals surface area contributed by atoms with Gasteiger partial charge >= 0.3 is 0 Å². The summed E-state index contributed by atoms with van der Waals surface area (Å²) in [6.45, 7) is 3.78. The summed E-state index contributed by atoms with van der Waals surface area (Å²) in [5.41, 5.74) is 4.04. The zero-order valence-electron chi connectivity index (χ0n) is 12.2. The Morgan fingerprint density at radius 1 is 1.05 bits per heavy atom. The van der Waals surface area contributed by atoms with Gasteiger partial charge in [0.15, 0.2) is 5.78 Å². The number of rotatable bonds is 6. The Balaban J connectivity index is 2.07. The summed E-state index contributed by atoms with van der Waals surface area (Å²) in [5.74, 6) is 0.0512. The van der Waals surface area contributed by atoms with Crippen LogP contribution in [-0.4, -0.2) is 10.8 Å². The van der Waals surface area contributed by atoms with Gasteiger partial charge in [0.2, 0.25) is 0 Å². The Morgan fingerprint density at radius 2 is 1.80 bits per heavy atom. The van der Waals surface area contributed by atoms with E-state index in [1.54, 1.807) is 13.1 Å². The van der Waals surface area contributed by atoms with Crippen molar-refractivity contribution >= 4 is 5.78 Å². The third-order valence-electron chi connectivity index (χ3n) is 3.49. The Hall–Kier alpha value is -1.96. The van der Waals surface area contributed by atoms with E-state index in [9.17, 15) is 4.79 Å². The summed E-state index contributed by atoms with van der Waals surface area (Å²) < 4.78 is 0. The number of benzene rings is 1. The zero-order valence-corrected chi connectivity index (χ0v) is 12.2. The number of Topliss-reactive ketones (excluding diaryl/α,β-unsaturated/α-hetero) is 1. The van der Waals surface area contributed by atoms with Crippen LogP contribution in [0.3, 0.4) is 0 Å². The van der Waals surface area contributed by atoms with Gasteiger partial charge in [-0.1, -0.05) is 44.0 Å². The maximum absolute atomic E-state index is 11.2. The van der Waals surface area contributed by atoms with Crippen LogP contribution < -0.4 is 0 Å². The predicted octanol–water partition coefficient (Wildman–Crippen LogP) is 4.68. The number of nitrogens with zero attached hydrogens (tertiary/aromatic N) is 1. The first-order chi connectivity index (χ1) is 9.70. The number of aryl methyl sites for hydroxylation is 1. The van der Waals surface area contributed by atoms with Gasteiger partial charge in [0, 0.05) is 17.3 Å². The van der Waals surface area contributed by atoms with E-state index in [0.29, 0.717) is 5.56 Å². The lowest BCUT2D eigenvalue weighted by molar-refractivity contribution is 0.101. The Bertz CT molecular complexity index is 555. The van der Waals surface area contributed by atoms with Crippen LogP contribution >= 0.6 is 0 Å². The lowest BCUT2D eigenvalue weighted by Crippen LogP contribution is -1.93. The number of hydrogen-bond donors (Lipinski definition) is 0. The molecule has 0 saturated carbocycles. The maximum Gasteiger partial charge on any atom is 0.161 e. The van der Waals surface area contributed by atoms with Crippen molar-refractivity contribution in [3.8, 4) is 11.3 Å². The average molecular weight is 267 g/mol. The lowest BCUT2D eigenvalue weighted by atomic mass is 10.0. The van der Waals surface area contributed by atoms with Crippen LogP contribution in [0.4, 0.5) is 0 Å². The molecule has 2 heteroatoms. The minimum Gasteiger partial charge on any atom is -0.294 e. The fourth-order valence-electron chi connectivity index (χ4n) is 2.19. The Morgan fingerprint density at radius 3 is 2.35 bits per heavy atom. The number of carbonyl (C=O) groups excluding carboxylic acids is 1. The normalized spacial score (nSPS) is 10.5. The van der Waals surface area contributed by atoms with E-state index in [1.165, 1.54) is 24.8 Å². The molecule has 0 bridgehead atoms. The third kappa shape index (κ3) is 3.77. The highest BCUT2D eigenvalue weighted by Gasteiger charge is 2.02. The minimum atomic E-state index is 0.0512. The van der Waals surface area contributed by atoms with E-state index in [2.05, 4.69) is 36.2 Å². The summed E-state index contributed by atoms with van der Waals surface area (Å²) in [7, 11) is 0. The first-order valence-electron chi connectivity index (χ1n) is 7.27. The predicted molar refractivity (Wildman–Crippen MR) is 82.9 cm³/mol. The van der Waals surface area contributed by atoms with Gasteiger partial charge in [-0.3, -0.25) is 9.78 Å². The van der Waals surface area contributed by atoms with Gasteiger partial charge in [-0.05, 0) is 37.5 Å². The SMILES string of the molecule is CCCCCc1ccc(-c2ccc(C(C)=O)cn2)cc1. The molecule has 0 aliphatic carbocycles. The molecule has 2 aromatic rings. The molecule has 20 heavy (non-hydrogen) atoms. The molecule has 0 spiro atoms. The minimum absolute atomic E-state index is 0.0512. The van der Waals surface area contributed by atoms with Gasteiger partial charge in [-0.2, -0.15) is 0 Å². The van der Waals surface area contributed by atoms with Gasteiger partial charge in [0.25, 0.3) is 0 Å². The second-order valence-electron chi connectivity index (χ2n) is 5.14. The van der Waals surface area contributed by atoms with Gasteiger partial charge in [0.1, 0.15) is 0 Å². The average Bonchev–Trinajstić information content (AvgIpc) is 2.48. The highest BCUT2D eigenvalue weighted by Crippen LogP contribution is 2.18. The second-order valence-corrected chi connectivity index (χ2v) is 5.14. The van der Waals surface area contributed by atoms with Gasteiger partial charge in [0.05, 0.1) is 5.69 Å². The molecule has 1 aromatic carbocycles. The van der Waals surface area contributed by atoms with E-state index >= 15 is 0 Å². The molecule has 0 N–H and O–H groups in total. The third-order valence-corrected chi connectivity index (χ3v) is 3.49. The van der Waals surface area contributed by atoms with Crippen molar-refractivity contribution in [3.63, 3.8) is 0 Å². The fourth-order valence-corrected chi connectivity index (χ4v) is 2.19. The van der Waals surface area contributed by atoms with Crippen LogP contribution in [0.25, 0.3) is 11.3 Å². The molecule has 0 aliphatic heterocycles. The monoisotopic (exact) mass is 267 g/mol. The molecule has 0 amide bonds. The lowest BCUT2D eigenvalue weighted by Gasteiger charge is -2.04. The molecule has 0 saturated heterocycles. The van der Waals surface area contributed by atoms with E-state index in [4.69, 9.17) is 0 Å². The first kappa shape index (κ1) is 14.4. The van der Waals surface area contributed by atoms with Crippen molar-refractivity contribution in [2.24, 2.45) is 0 Å². The molecule has 0 unspecified atom stereocenters. The van der Waals surface area contributed by atoms with Crippen molar-refractivity contribution in [1.29, 1.82) is 0 Å². The zero-order chi connectivity index (χ0) is 14.4. The summed E-state index contributed by atoms with van der Waals surface area (Å²) in [6, 6.07) is 12.3. The highest BCUT2D eigenvalue weighted by atomic mass is 16.1. The molecule has 0 aliphatic rings. The molecule has 0 radical (unpaired) electrons. The summed E-state index contributed by atoms with van der Waals surface area (Å²) in [6.07, 6.45) is 6.58. The van der Waals surface area contributed by atoms with Crippen molar-refractivity contribution in [3.05, 3.63) is 53.7 Å². The number of pyridine rings is 1. The van der Waals surface area contributed by atoms with Crippen LogP contribution in [-0.2, 0) is 6.42 Å². The number of hydrogen-bond acceptors (Lipinski definition) is 2. The van der Waals surface area contributed by atoms with E-state index in [0.717, 1.165) is 17.7 Å². The number of carbonyl (C=O) groups is 1. The topological polar surface area (TPSA) is 30.0 Å². The molecule has 1 heterocycles. The first-order valence-corrected chi connectivity index (χ1v) is 7.27. The maximum atomic E-state index is 11.2. The van der Waals surface area contributed by atoms with Gasteiger partial charge in [-0.15, -0.1) is 0 Å². The van der Waals surface area contributed by atoms with E-state index in [-0.39, 0.29) is 5.78 Å². The Labute approximate surface area is 120 Å². The number of aromatic nitrogens is 1. The van der Waals surface area contributed by atoms with Gasteiger partial charge in [-0.25, -0.2) is 0 Å². The molecular weight excluding hydrogens is 246 g/mol. The van der Waals surface area contributed by atoms with Gasteiger partial charge < -0.3 is 0 Å². The molecule has 2 rings (SSSR count). The van der Waals surface area contributed by atoms with Crippen molar-refractivity contribution in [2.45, 2.75) is 39.5 Å². The van der Waals surface area contributed by atoms with Crippen LogP contribution in [0.5, 0.6) is 0 Å². The molecule has 0 atom stereocenters. The van der Waals surface area contributed by atoms with Crippen LogP contribution in [0.15, 0.2) is 42.6 Å². The van der Waals surface area contributed by atoms with Crippen molar-refractivity contribution in [1.82, 2.24) is 4.98 Å². The molecule has 104 valence electrons. The van der Waals surface area contributed by atoms with Crippen molar-refractivity contribution in [2.75, 3.05) is 0 Å². The molecule has 1 aromatic heterocycles. The quantitative estimate of drug-likeness (QED) is 0.561. The second kappa shape index (κ2) is 6.99. The molecular formula is C18H21NO. The van der Waals surface area contributed by atoms with Crippen LogP contribution in [0, 0.1) is 0 Å². The van der Waals surface area contributed by atoms with Crippen molar-refractivity contribution < 1.29 is 4.79 Å². The summed E-state index contributed by atoms with van der Waals surface area (Å²) >= 11 is 0. The molecule has 2 nitrogen and oxygen atoms in total. The number of unbranched alkanes of at least 4 members (excludes halogenated alkanes) is 2. The van der Waals surface area contributed by atoms with Crippen LogP contribution in [0.1, 0.15) is 49.0 Å². The van der Waals surface area contributed by atoms with E-state index < -0.39 is 0 Å². The largest absolute Gasteiger partial charge is 0.294 e. The van der Waals surface area contributed by atoms with Crippen LogP contribution in [0.2, 0.25) is 0 Å². The molecule has 0 fully saturated rings. The fraction of sp³-hybridized carbons (Fsp3) is 0.333. The smallest absolute Gasteiger partial charge is 0.161 e. The Kier molecular flexibility index (Phi) is 5.05. The highest BCUT2D eigenvalue weighted by molar-refractivity contribution is 5.93. The van der Waals surface area contributed by atoms with E-state index in [1.807, 2.05) is 12.1 Å². The standard InChI is InChI=1S/C18H21NO/c1-3-4-5-6-15-7-9-16(10-8-15)18-12-11-17(13-19-18)14(2)20/h7-13H,3-6H2,1-2H3. The summed E-state index contributed by atoms with van der Waals surface area (Å²) in [4.78, 5) is 15.6.